The fraction of sp³-hybridized carbons (Fsp3) is 0.286. The Hall–Kier alpha value is -2.98. The Bertz CT molecular complexity index is 1260. The van der Waals surface area contributed by atoms with Crippen LogP contribution in [0.5, 0.6) is 5.75 Å². The second-order valence-corrected chi connectivity index (χ2v) is 8.93. The summed E-state index contributed by atoms with van der Waals surface area (Å²) in [6, 6.07) is 7.71. The van der Waals surface area contributed by atoms with Crippen molar-refractivity contribution in [3.05, 3.63) is 46.1 Å². The van der Waals surface area contributed by atoms with Gasteiger partial charge in [0.15, 0.2) is 5.13 Å². The second kappa shape index (κ2) is 8.64. The van der Waals surface area contributed by atoms with Crippen molar-refractivity contribution in [1.29, 1.82) is 0 Å². The number of nitrogens with zero attached hydrogens (tertiary/aromatic N) is 5. The first-order chi connectivity index (χ1) is 14.9. The van der Waals surface area contributed by atoms with Crippen LogP contribution in [0.4, 0.5) is 5.13 Å². The van der Waals surface area contributed by atoms with E-state index in [9.17, 15) is 4.79 Å². The number of carbonyl (C=O) groups is 1. The number of aromatic nitrogens is 5. The van der Waals surface area contributed by atoms with Crippen molar-refractivity contribution in [1.82, 2.24) is 24.6 Å². The van der Waals surface area contributed by atoms with Crippen molar-refractivity contribution in [2.75, 3.05) is 18.7 Å². The first-order valence-corrected chi connectivity index (χ1v) is 11.6. The van der Waals surface area contributed by atoms with Gasteiger partial charge >= 0.3 is 0 Å². The predicted molar refractivity (Wildman–Crippen MR) is 123 cm³/mol. The molecule has 0 fully saturated rings. The number of hydrogen-bond donors (Lipinski definition) is 1. The minimum absolute atomic E-state index is 0.146. The molecule has 1 amide bonds. The number of ether oxygens (including phenoxy) is 1. The van der Waals surface area contributed by atoms with E-state index in [4.69, 9.17) is 4.74 Å². The van der Waals surface area contributed by atoms with Crippen molar-refractivity contribution in [3.8, 4) is 17.0 Å². The summed E-state index contributed by atoms with van der Waals surface area (Å²) >= 11 is 2.91. The summed E-state index contributed by atoms with van der Waals surface area (Å²) in [5.41, 5.74) is 4.30. The van der Waals surface area contributed by atoms with Crippen LogP contribution >= 0.6 is 23.1 Å². The Morgan fingerprint density at radius 1 is 1.16 bits per heavy atom. The zero-order chi connectivity index (χ0) is 22.1. The van der Waals surface area contributed by atoms with E-state index < -0.39 is 0 Å². The molecule has 0 spiro atoms. The molecule has 0 aliphatic carbocycles. The van der Waals surface area contributed by atoms with Gasteiger partial charge in [-0.15, -0.1) is 16.4 Å². The first kappa shape index (κ1) is 21.3. The maximum Gasteiger partial charge on any atom is 0.253 e. The third-order valence-electron chi connectivity index (χ3n) is 4.96. The largest absolute Gasteiger partial charge is 0.497 e. The Kier molecular flexibility index (Phi) is 5.92. The van der Waals surface area contributed by atoms with E-state index in [1.165, 1.54) is 23.1 Å². The summed E-state index contributed by atoms with van der Waals surface area (Å²) in [5.74, 6) is 1.19. The maximum atomic E-state index is 12.8. The number of nitrogens with one attached hydrogen (secondary N) is 1. The van der Waals surface area contributed by atoms with Crippen molar-refractivity contribution in [2.24, 2.45) is 0 Å². The molecule has 4 aromatic rings. The van der Waals surface area contributed by atoms with Gasteiger partial charge in [-0.05, 0) is 51.3 Å². The van der Waals surface area contributed by atoms with Crippen LogP contribution in [-0.4, -0.2) is 43.8 Å². The Morgan fingerprint density at radius 3 is 2.58 bits per heavy atom. The Balaban J connectivity index is 1.54. The number of thioether (sulfide) groups is 1. The summed E-state index contributed by atoms with van der Waals surface area (Å²) in [6.45, 7) is 5.81. The Labute approximate surface area is 188 Å². The van der Waals surface area contributed by atoms with Gasteiger partial charge in [-0.2, -0.15) is 4.98 Å². The van der Waals surface area contributed by atoms with E-state index in [1.807, 2.05) is 51.3 Å². The number of fused-ring (bicyclic) bond motifs is 1. The summed E-state index contributed by atoms with van der Waals surface area (Å²) < 4.78 is 6.90. The average molecular weight is 455 g/mol. The van der Waals surface area contributed by atoms with Gasteiger partial charge in [-0.3, -0.25) is 4.79 Å². The lowest BCUT2D eigenvalue weighted by Crippen LogP contribution is -2.17. The standard InChI is InChI=1S/C21H22N6O2S2/c1-11-16(12(2)27-19(22-11)25-21(26-27)30-5)10-17(28)23-20-24-18(13(3)31-20)14-6-8-15(29-4)9-7-14/h6-9H,10H2,1-5H3,(H,23,24,28). The van der Waals surface area contributed by atoms with Crippen molar-refractivity contribution in [3.63, 3.8) is 0 Å². The van der Waals surface area contributed by atoms with E-state index >= 15 is 0 Å². The van der Waals surface area contributed by atoms with Crippen molar-refractivity contribution in [2.45, 2.75) is 32.3 Å². The zero-order valence-corrected chi connectivity index (χ0v) is 19.5. The van der Waals surface area contributed by atoms with Crippen LogP contribution < -0.4 is 10.1 Å². The first-order valence-electron chi connectivity index (χ1n) is 9.58. The third kappa shape index (κ3) is 4.26. The SMILES string of the molecule is COc1ccc(-c2nc(NC(=O)Cc3c(C)nc4nc(SC)nn4c3C)sc2C)cc1. The molecule has 3 heterocycles. The van der Waals surface area contributed by atoms with Gasteiger partial charge in [0.05, 0.1) is 19.2 Å². The smallest absolute Gasteiger partial charge is 0.253 e. The van der Waals surface area contributed by atoms with E-state index in [2.05, 4.69) is 25.4 Å². The molecular formula is C21H22N6O2S2. The molecule has 3 aromatic heterocycles. The topological polar surface area (TPSA) is 94.3 Å². The van der Waals surface area contributed by atoms with Crippen molar-refractivity contribution < 1.29 is 9.53 Å². The van der Waals surface area contributed by atoms with Crippen LogP contribution in [0.25, 0.3) is 17.0 Å². The molecule has 0 bridgehead atoms. The number of amides is 1. The molecule has 1 N–H and O–H groups in total. The van der Waals surface area contributed by atoms with Crippen LogP contribution in [-0.2, 0) is 11.2 Å². The molecule has 0 aliphatic heterocycles. The maximum absolute atomic E-state index is 12.8. The quantitative estimate of drug-likeness (QED) is 0.439. The molecular weight excluding hydrogens is 432 g/mol. The van der Waals surface area contributed by atoms with E-state index in [0.29, 0.717) is 16.1 Å². The lowest BCUT2D eigenvalue weighted by Gasteiger charge is -2.09. The van der Waals surface area contributed by atoms with Gasteiger partial charge < -0.3 is 10.1 Å². The van der Waals surface area contributed by atoms with E-state index in [0.717, 1.165) is 38.8 Å². The van der Waals surface area contributed by atoms with Gasteiger partial charge in [0.2, 0.25) is 11.1 Å². The molecule has 1 aromatic carbocycles. The molecule has 4 rings (SSSR count). The van der Waals surface area contributed by atoms with Crippen LogP contribution in [0.2, 0.25) is 0 Å². The zero-order valence-electron chi connectivity index (χ0n) is 17.9. The highest BCUT2D eigenvalue weighted by Crippen LogP contribution is 2.31. The molecule has 0 radical (unpaired) electrons. The summed E-state index contributed by atoms with van der Waals surface area (Å²) in [7, 11) is 1.64. The van der Waals surface area contributed by atoms with Gasteiger partial charge in [0.25, 0.3) is 5.78 Å². The van der Waals surface area contributed by atoms with E-state index in [-0.39, 0.29) is 12.3 Å². The molecule has 8 nitrogen and oxygen atoms in total. The number of benzene rings is 1. The van der Waals surface area contributed by atoms with Crippen LogP contribution in [0.1, 0.15) is 21.8 Å². The average Bonchev–Trinajstić information content (AvgIpc) is 3.34. The highest BCUT2D eigenvalue weighted by Gasteiger charge is 2.18. The molecule has 10 heteroatoms. The summed E-state index contributed by atoms with van der Waals surface area (Å²) in [6.07, 6.45) is 2.10. The lowest BCUT2D eigenvalue weighted by molar-refractivity contribution is -0.115. The fourth-order valence-corrected chi connectivity index (χ4v) is 4.51. The monoisotopic (exact) mass is 454 g/mol. The van der Waals surface area contributed by atoms with Crippen molar-refractivity contribution >= 4 is 39.9 Å². The number of anilines is 1. The van der Waals surface area contributed by atoms with Gasteiger partial charge in [-0.1, -0.05) is 11.8 Å². The minimum atomic E-state index is -0.146. The number of thiazole rings is 1. The van der Waals surface area contributed by atoms with Crippen LogP contribution in [0.15, 0.2) is 29.4 Å². The summed E-state index contributed by atoms with van der Waals surface area (Å²) in [4.78, 5) is 27.3. The molecule has 0 aliphatic rings. The number of hydrogen-bond acceptors (Lipinski definition) is 8. The number of carbonyl (C=O) groups excluding carboxylic acids is 1. The fourth-order valence-electron chi connectivity index (χ4n) is 3.32. The molecule has 0 unspecified atom stereocenters. The molecule has 0 atom stereocenters. The summed E-state index contributed by atoms with van der Waals surface area (Å²) in [5, 5.41) is 8.60. The van der Waals surface area contributed by atoms with Gasteiger partial charge in [-0.25, -0.2) is 14.5 Å². The number of rotatable bonds is 6. The molecule has 31 heavy (non-hydrogen) atoms. The Morgan fingerprint density at radius 2 is 1.90 bits per heavy atom. The van der Waals surface area contributed by atoms with E-state index in [1.54, 1.807) is 11.6 Å². The normalized spacial score (nSPS) is 11.1. The van der Waals surface area contributed by atoms with Crippen LogP contribution in [0.3, 0.4) is 0 Å². The highest BCUT2D eigenvalue weighted by atomic mass is 32.2. The van der Waals surface area contributed by atoms with Gasteiger partial charge in [0.1, 0.15) is 5.75 Å². The molecule has 0 saturated heterocycles. The number of aryl methyl sites for hydroxylation is 3. The number of methoxy groups -OCH3 is 1. The highest BCUT2D eigenvalue weighted by molar-refractivity contribution is 7.98. The van der Waals surface area contributed by atoms with Gasteiger partial charge in [0, 0.05) is 27.4 Å². The molecule has 160 valence electrons. The lowest BCUT2D eigenvalue weighted by atomic mass is 10.1. The second-order valence-electron chi connectivity index (χ2n) is 6.95. The molecule has 0 saturated carbocycles. The minimum Gasteiger partial charge on any atom is -0.497 e. The third-order valence-corrected chi connectivity index (χ3v) is 6.38. The van der Waals surface area contributed by atoms with Crippen LogP contribution in [0, 0.1) is 20.8 Å². The predicted octanol–water partition coefficient (Wildman–Crippen LogP) is 4.08.